The predicted octanol–water partition coefficient (Wildman–Crippen LogP) is 4.01. The van der Waals surface area contributed by atoms with Crippen molar-refractivity contribution in [2.75, 3.05) is 0 Å². The maximum atomic E-state index is 12.0. The lowest BCUT2D eigenvalue weighted by molar-refractivity contribution is -0.137. The highest BCUT2D eigenvalue weighted by molar-refractivity contribution is 5.72. The molecule has 1 atom stereocenters. The fourth-order valence-corrected chi connectivity index (χ4v) is 2.75. The third-order valence-electron chi connectivity index (χ3n) is 4.27. The second-order valence-electron chi connectivity index (χ2n) is 6.30. The number of carboxylic acids is 1. The van der Waals surface area contributed by atoms with E-state index < -0.39 is 18.1 Å². The molecule has 2 N–H and O–H groups in total. The van der Waals surface area contributed by atoms with Gasteiger partial charge in [0.2, 0.25) is 0 Å². The van der Waals surface area contributed by atoms with Gasteiger partial charge in [0.15, 0.2) is 0 Å². The number of amides is 1. The molecule has 0 saturated heterocycles. The number of carboxylic acid groups (broad SMARTS) is 1. The maximum Gasteiger partial charge on any atom is 0.407 e. The summed E-state index contributed by atoms with van der Waals surface area (Å²) in [6.07, 6.45) is 1.61. The topological polar surface area (TPSA) is 75.6 Å². The van der Waals surface area contributed by atoms with Crippen molar-refractivity contribution in [3.05, 3.63) is 71.3 Å². The van der Waals surface area contributed by atoms with Crippen molar-refractivity contribution in [2.45, 2.75) is 37.8 Å². The van der Waals surface area contributed by atoms with Crippen LogP contribution < -0.4 is 5.32 Å². The van der Waals surface area contributed by atoms with Crippen LogP contribution in [0.1, 0.15) is 47.9 Å². The van der Waals surface area contributed by atoms with E-state index in [1.54, 1.807) is 0 Å². The fraction of sp³-hybridized carbons (Fsp3) is 0.300. The predicted molar refractivity (Wildman–Crippen MR) is 93.2 cm³/mol. The second-order valence-corrected chi connectivity index (χ2v) is 6.30. The Hall–Kier alpha value is -2.82. The Labute approximate surface area is 146 Å². The highest BCUT2D eigenvalue weighted by Crippen LogP contribution is 2.40. The first-order valence-corrected chi connectivity index (χ1v) is 8.40. The van der Waals surface area contributed by atoms with Crippen LogP contribution in [0, 0.1) is 0 Å². The van der Waals surface area contributed by atoms with Gasteiger partial charge in [-0.2, -0.15) is 0 Å². The molecular weight excluding hydrogens is 318 g/mol. The van der Waals surface area contributed by atoms with Crippen molar-refractivity contribution in [1.29, 1.82) is 0 Å². The average molecular weight is 339 g/mol. The highest BCUT2D eigenvalue weighted by atomic mass is 16.5. The number of carbonyl (C=O) groups excluding carboxylic acids is 1. The smallest absolute Gasteiger partial charge is 0.407 e. The Morgan fingerprint density at radius 1 is 1.08 bits per heavy atom. The summed E-state index contributed by atoms with van der Waals surface area (Å²) in [7, 11) is 0. The number of nitrogens with one attached hydrogen (secondary N) is 1. The van der Waals surface area contributed by atoms with E-state index in [0.29, 0.717) is 5.92 Å². The minimum atomic E-state index is -0.973. The number of alkyl carbamates (subject to hydrolysis) is 1. The van der Waals surface area contributed by atoms with Crippen LogP contribution in [0.3, 0.4) is 0 Å². The molecule has 2 aromatic rings. The van der Waals surface area contributed by atoms with Crippen LogP contribution >= 0.6 is 0 Å². The SMILES string of the molecule is O=C(O)C[C@@H](NC(=O)OCc1ccccc1)c1ccc(C2CC2)cc1. The van der Waals surface area contributed by atoms with Crippen LogP contribution in [0.4, 0.5) is 4.79 Å². The van der Waals surface area contributed by atoms with Gasteiger partial charge in [-0.05, 0) is 35.4 Å². The van der Waals surface area contributed by atoms with E-state index in [4.69, 9.17) is 9.84 Å². The molecule has 2 aromatic carbocycles. The summed E-state index contributed by atoms with van der Waals surface area (Å²) in [5.74, 6) is -0.338. The van der Waals surface area contributed by atoms with Gasteiger partial charge in [-0.25, -0.2) is 4.79 Å². The third kappa shape index (κ3) is 5.08. The number of hydrogen-bond donors (Lipinski definition) is 2. The molecule has 0 bridgehead atoms. The molecule has 0 unspecified atom stereocenters. The number of hydrogen-bond acceptors (Lipinski definition) is 3. The van der Waals surface area contributed by atoms with Gasteiger partial charge in [-0.1, -0.05) is 54.6 Å². The fourth-order valence-electron chi connectivity index (χ4n) is 2.75. The quantitative estimate of drug-likeness (QED) is 0.799. The monoisotopic (exact) mass is 339 g/mol. The van der Waals surface area contributed by atoms with Gasteiger partial charge in [0.1, 0.15) is 6.61 Å². The number of rotatable bonds is 7. The van der Waals surface area contributed by atoms with Crippen molar-refractivity contribution >= 4 is 12.1 Å². The van der Waals surface area contributed by atoms with E-state index in [1.807, 2.05) is 54.6 Å². The van der Waals surface area contributed by atoms with Crippen LogP contribution in [0.25, 0.3) is 0 Å². The second kappa shape index (κ2) is 7.83. The molecule has 25 heavy (non-hydrogen) atoms. The van der Waals surface area contributed by atoms with Crippen LogP contribution in [0.15, 0.2) is 54.6 Å². The van der Waals surface area contributed by atoms with Gasteiger partial charge in [0, 0.05) is 0 Å². The summed E-state index contributed by atoms with van der Waals surface area (Å²) in [6.45, 7) is 0.146. The summed E-state index contributed by atoms with van der Waals surface area (Å²) in [5.41, 5.74) is 2.91. The highest BCUT2D eigenvalue weighted by Gasteiger charge is 2.24. The maximum absolute atomic E-state index is 12.0. The van der Waals surface area contributed by atoms with Gasteiger partial charge in [0.25, 0.3) is 0 Å². The minimum absolute atomic E-state index is 0.146. The van der Waals surface area contributed by atoms with E-state index in [9.17, 15) is 9.59 Å². The first-order chi connectivity index (χ1) is 12.1. The molecule has 130 valence electrons. The van der Waals surface area contributed by atoms with Gasteiger partial charge in [-0.15, -0.1) is 0 Å². The van der Waals surface area contributed by atoms with E-state index in [-0.39, 0.29) is 13.0 Å². The Balaban J connectivity index is 1.61. The molecule has 0 aliphatic heterocycles. The average Bonchev–Trinajstić information content (AvgIpc) is 3.45. The zero-order chi connectivity index (χ0) is 17.6. The summed E-state index contributed by atoms with van der Waals surface area (Å²) in [4.78, 5) is 23.2. The van der Waals surface area contributed by atoms with Crippen LogP contribution in [-0.4, -0.2) is 17.2 Å². The lowest BCUT2D eigenvalue weighted by atomic mass is 10.0. The number of aliphatic carboxylic acids is 1. The summed E-state index contributed by atoms with van der Waals surface area (Å²) < 4.78 is 5.19. The molecule has 0 heterocycles. The molecular formula is C20H21NO4. The lowest BCUT2D eigenvalue weighted by Crippen LogP contribution is -2.30. The standard InChI is InChI=1S/C20H21NO4/c22-19(23)12-18(17-10-8-16(9-11-17)15-6-7-15)21-20(24)25-13-14-4-2-1-3-5-14/h1-5,8-11,15,18H,6-7,12-13H2,(H,21,24)(H,22,23)/t18-/m1/s1. The molecule has 0 radical (unpaired) electrons. The first-order valence-electron chi connectivity index (χ1n) is 8.40. The van der Waals surface area contributed by atoms with Gasteiger partial charge in [0.05, 0.1) is 12.5 Å². The van der Waals surface area contributed by atoms with Gasteiger partial charge >= 0.3 is 12.1 Å². The van der Waals surface area contributed by atoms with Gasteiger partial charge < -0.3 is 15.2 Å². The first kappa shape index (κ1) is 17.0. The number of carbonyl (C=O) groups is 2. The molecule has 1 fully saturated rings. The summed E-state index contributed by atoms with van der Waals surface area (Å²) in [5, 5.41) is 11.8. The molecule has 0 spiro atoms. The molecule has 1 aliphatic rings. The van der Waals surface area contributed by atoms with Crippen molar-refractivity contribution in [3.63, 3.8) is 0 Å². The zero-order valence-electron chi connectivity index (χ0n) is 13.9. The van der Waals surface area contributed by atoms with E-state index in [1.165, 1.54) is 18.4 Å². The molecule has 1 aliphatic carbocycles. The number of benzene rings is 2. The van der Waals surface area contributed by atoms with Crippen molar-refractivity contribution < 1.29 is 19.4 Å². The molecule has 1 amide bonds. The van der Waals surface area contributed by atoms with Crippen LogP contribution in [-0.2, 0) is 16.1 Å². The van der Waals surface area contributed by atoms with E-state index in [0.717, 1.165) is 11.1 Å². The Morgan fingerprint density at radius 3 is 2.36 bits per heavy atom. The van der Waals surface area contributed by atoms with E-state index in [2.05, 4.69) is 5.32 Å². The van der Waals surface area contributed by atoms with Crippen LogP contribution in [0.5, 0.6) is 0 Å². The molecule has 5 nitrogen and oxygen atoms in total. The third-order valence-corrected chi connectivity index (χ3v) is 4.27. The molecule has 5 heteroatoms. The molecule has 1 saturated carbocycles. The minimum Gasteiger partial charge on any atom is -0.481 e. The van der Waals surface area contributed by atoms with Gasteiger partial charge in [-0.3, -0.25) is 4.79 Å². The van der Waals surface area contributed by atoms with E-state index >= 15 is 0 Å². The molecule has 0 aromatic heterocycles. The summed E-state index contributed by atoms with van der Waals surface area (Å²) in [6, 6.07) is 16.5. The Morgan fingerprint density at radius 2 is 1.76 bits per heavy atom. The largest absolute Gasteiger partial charge is 0.481 e. The summed E-state index contributed by atoms with van der Waals surface area (Å²) >= 11 is 0. The van der Waals surface area contributed by atoms with Crippen molar-refractivity contribution in [1.82, 2.24) is 5.32 Å². The lowest BCUT2D eigenvalue weighted by Gasteiger charge is -2.18. The number of ether oxygens (including phenoxy) is 1. The molecule has 3 rings (SSSR count). The zero-order valence-corrected chi connectivity index (χ0v) is 13.9. The van der Waals surface area contributed by atoms with Crippen LogP contribution in [0.2, 0.25) is 0 Å². The Kier molecular flexibility index (Phi) is 5.33. The normalized spacial score (nSPS) is 14.6. The Bertz CT molecular complexity index is 723. The van der Waals surface area contributed by atoms with Crippen molar-refractivity contribution in [3.8, 4) is 0 Å². The van der Waals surface area contributed by atoms with Crippen molar-refractivity contribution in [2.24, 2.45) is 0 Å².